The summed E-state index contributed by atoms with van der Waals surface area (Å²) in [6.45, 7) is 0. The van der Waals surface area contributed by atoms with Gasteiger partial charge in [0.1, 0.15) is 16.1 Å². The van der Waals surface area contributed by atoms with Crippen molar-refractivity contribution in [2.45, 2.75) is 25.0 Å². The first-order valence-electron chi connectivity index (χ1n) is 6.19. The maximum atomic E-state index is 12.3. The van der Waals surface area contributed by atoms with E-state index >= 15 is 0 Å². The van der Waals surface area contributed by atoms with E-state index in [0.29, 0.717) is 0 Å². The Labute approximate surface area is 305 Å². The van der Waals surface area contributed by atoms with Crippen molar-refractivity contribution >= 4 is 271 Å². The third-order valence-electron chi connectivity index (χ3n) is 5.00. The summed E-state index contributed by atoms with van der Waals surface area (Å²) < 4.78 is -9.26. The molecule has 2 fully saturated rings. The van der Waals surface area contributed by atoms with Gasteiger partial charge in [-0.2, -0.15) is 0 Å². The Bertz CT molecular complexity index is 629. The fourth-order valence-corrected chi connectivity index (χ4v) is 29.5. The van der Waals surface area contributed by atoms with Crippen LogP contribution in [0.5, 0.6) is 0 Å². The van der Waals surface area contributed by atoms with Crippen molar-refractivity contribution in [2.75, 3.05) is 0 Å². The molecule has 0 aromatic rings. The van der Waals surface area contributed by atoms with Gasteiger partial charge in [0.25, 0.3) is 0 Å². The molecule has 18 heteroatoms. The van der Waals surface area contributed by atoms with Crippen LogP contribution in [0.2, 0.25) is 0 Å². The Morgan fingerprint density at radius 2 is 0.786 bits per heavy atom. The summed E-state index contributed by atoms with van der Waals surface area (Å²) >= 11 is 64.7. The second-order valence-electron chi connectivity index (χ2n) is 6.00. The minimum absolute atomic E-state index is 0.978. The van der Waals surface area contributed by atoms with E-state index in [1.807, 2.05) is 0 Å². The first kappa shape index (κ1) is 32.3. The predicted molar refractivity (Wildman–Crippen MR) is 181 cm³/mol. The van der Waals surface area contributed by atoms with Crippen LogP contribution >= 0.6 is 271 Å². The third-order valence-corrected chi connectivity index (χ3v) is 25.7. The molecule has 3 unspecified atom stereocenters. The minimum Gasteiger partial charge on any atom is -0.376 e. The monoisotopic (exact) mass is 1480 g/mol. The number of rotatable bonds is 0. The van der Waals surface area contributed by atoms with Crippen LogP contribution in [0.1, 0.15) is 0 Å². The Balaban J connectivity index is 3.46. The van der Waals surface area contributed by atoms with Gasteiger partial charge >= 0.3 is 0 Å². The molecule has 0 saturated heterocycles. The van der Waals surface area contributed by atoms with Gasteiger partial charge in [0, 0.05) is 0 Å². The van der Waals surface area contributed by atoms with E-state index in [2.05, 4.69) is 271 Å². The molecule has 2 aliphatic rings. The summed E-state index contributed by atoms with van der Waals surface area (Å²) in [6, 6.07) is 0. The largest absolute Gasteiger partial charge is 0.376 e. The van der Waals surface area contributed by atoms with Crippen LogP contribution in [0.3, 0.4) is 0 Å². The first-order valence-corrected chi connectivity index (χ1v) is 19.7. The lowest BCUT2D eigenvalue weighted by molar-refractivity contribution is -0.0171. The Hall–Kier alpha value is 8.12. The SMILES string of the molecule is OC1(Br)C(Br)(Br)C2(Br)C(Br)(Br)C(Br)(Br)C1(C(Br)(Br)Br)C2(C(Br)(Br)Br)C(Br)(Br)Br. The molecule has 2 aliphatic carbocycles. The molecule has 3 atom stereocenters. The summed E-state index contributed by atoms with van der Waals surface area (Å²) in [5, 5.41) is 12.3. The molecule has 2 rings (SSSR count). The highest BCUT2D eigenvalue weighted by Crippen LogP contribution is 3.02. The molecule has 0 amide bonds. The maximum Gasteiger partial charge on any atom is 0.157 e. The van der Waals surface area contributed by atoms with Gasteiger partial charge < -0.3 is 5.11 Å². The highest BCUT2D eigenvalue weighted by molar-refractivity contribution is 9.41. The lowest BCUT2D eigenvalue weighted by Crippen LogP contribution is -2.73. The van der Waals surface area contributed by atoms with E-state index in [0.717, 1.165) is 0 Å². The van der Waals surface area contributed by atoms with Crippen LogP contribution < -0.4 is 0 Å². The quantitative estimate of drug-likeness (QED) is 0.240. The molecule has 0 heterocycles. The number of hydrogen-bond acceptors (Lipinski definition) is 1. The Morgan fingerprint density at radius 3 is 1.00 bits per heavy atom. The van der Waals surface area contributed by atoms with Crippen LogP contribution in [-0.2, 0) is 0 Å². The van der Waals surface area contributed by atoms with Gasteiger partial charge in [0.05, 0.1) is 15.2 Å². The second-order valence-corrected chi connectivity index (χ2v) is 38.9. The molecule has 2 saturated carbocycles. The van der Waals surface area contributed by atoms with Crippen molar-refractivity contribution in [3.63, 3.8) is 0 Å². The molecule has 28 heavy (non-hydrogen) atoms. The van der Waals surface area contributed by atoms with Crippen molar-refractivity contribution < 1.29 is 5.11 Å². The highest BCUT2D eigenvalue weighted by Gasteiger charge is 3.08. The molecule has 0 aromatic heterocycles. The fourth-order valence-electron chi connectivity index (χ4n) is 4.09. The molecule has 0 spiro atoms. The fraction of sp³-hybridized carbons (Fsp3) is 1.00. The number of alkyl halides is 17. The first-order chi connectivity index (χ1) is 11.8. The van der Waals surface area contributed by atoms with Gasteiger partial charge in [-0.05, 0) is 0 Å². The smallest absolute Gasteiger partial charge is 0.157 e. The summed E-state index contributed by atoms with van der Waals surface area (Å²) in [4.78, 5) is 0. The number of aliphatic hydroxyl groups is 1. The molecule has 1 N–H and O–H groups in total. The van der Waals surface area contributed by atoms with E-state index < -0.39 is 35.8 Å². The van der Waals surface area contributed by atoms with Gasteiger partial charge in [-0.1, -0.05) is 271 Å². The molecule has 0 aliphatic heterocycles. The van der Waals surface area contributed by atoms with Crippen molar-refractivity contribution in [3.05, 3.63) is 0 Å². The van der Waals surface area contributed by atoms with E-state index in [4.69, 9.17) is 0 Å². The lowest BCUT2D eigenvalue weighted by atomic mass is 9.69. The van der Waals surface area contributed by atoms with E-state index in [9.17, 15) is 5.11 Å². The molecule has 2 bridgehead atoms. The van der Waals surface area contributed by atoms with Crippen molar-refractivity contribution in [2.24, 2.45) is 10.8 Å². The summed E-state index contributed by atoms with van der Waals surface area (Å²) in [5.41, 5.74) is -2.46. The van der Waals surface area contributed by atoms with Crippen LogP contribution in [-0.4, -0.2) is 30.1 Å². The molecule has 0 aromatic carbocycles. The van der Waals surface area contributed by atoms with Gasteiger partial charge in [0.2, 0.25) is 0 Å². The van der Waals surface area contributed by atoms with Gasteiger partial charge in [-0.25, -0.2) is 0 Å². The average molecular weight is 1500 g/mol. The zero-order valence-electron chi connectivity index (χ0n) is 11.9. The van der Waals surface area contributed by atoms with Crippen LogP contribution in [0, 0.1) is 10.8 Å². The summed E-state index contributed by atoms with van der Waals surface area (Å²) in [5.74, 6) is 0. The second kappa shape index (κ2) is 8.81. The van der Waals surface area contributed by atoms with Gasteiger partial charge in [-0.15, -0.1) is 0 Å². The molecule has 1 nitrogen and oxygen atoms in total. The summed E-state index contributed by atoms with van der Waals surface area (Å²) in [6.07, 6.45) is 0. The third kappa shape index (κ3) is 3.26. The topological polar surface area (TPSA) is 20.2 Å². The van der Waals surface area contributed by atoms with E-state index in [1.165, 1.54) is 0 Å². The van der Waals surface area contributed by atoms with Crippen LogP contribution in [0.25, 0.3) is 0 Å². The molecule has 166 valence electrons. The molecular formula is C10HBr17O. The molecular weight excluding hydrogens is 1490 g/mol. The zero-order chi connectivity index (χ0) is 23.0. The summed E-state index contributed by atoms with van der Waals surface area (Å²) in [7, 11) is 0. The van der Waals surface area contributed by atoms with Gasteiger partial charge in [-0.3, -0.25) is 0 Å². The maximum absolute atomic E-state index is 12.3. The van der Waals surface area contributed by atoms with Crippen LogP contribution in [0.15, 0.2) is 0 Å². The normalized spacial score (nSPS) is 41.4. The van der Waals surface area contributed by atoms with Gasteiger partial charge in [0.15, 0.2) is 4.51 Å². The highest BCUT2D eigenvalue weighted by atomic mass is 80.0. The standard InChI is InChI=1S/C10HBr17O/c11-3-1(8(19,20)21,9(22,23)24)2(10(25,26)27,4(12,13)5(3,14)15)7(18,28)6(3,16)17/h28H. The predicted octanol–water partition coefficient (Wildman–Crippen LogP) is 12.2. The van der Waals surface area contributed by atoms with Crippen molar-refractivity contribution in [1.29, 1.82) is 0 Å². The Kier molecular flexibility index (Phi) is 10.2. The average Bonchev–Trinajstić information content (AvgIpc) is 2.55. The Morgan fingerprint density at radius 1 is 0.464 bits per heavy atom. The van der Waals surface area contributed by atoms with E-state index in [1.54, 1.807) is 0 Å². The number of halogens is 17. The zero-order valence-corrected chi connectivity index (χ0v) is 38.8. The molecule has 0 radical (unpaired) electrons. The van der Waals surface area contributed by atoms with Crippen molar-refractivity contribution in [1.82, 2.24) is 0 Å². The number of hydrogen-bond donors (Lipinski definition) is 1. The van der Waals surface area contributed by atoms with Crippen LogP contribution in [0.4, 0.5) is 0 Å². The minimum atomic E-state index is -1.69. The number of fused-ring (bicyclic) bond motifs is 2. The van der Waals surface area contributed by atoms with E-state index in [-0.39, 0.29) is 0 Å². The van der Waals surface area contributed by atoms with Crippen molar-refractivity contribution in [3.8, 4) is 0 Å². The lowest BCUT2D eigenvalue weighted by Gasteiger charge is -2.62.